The van der Waals surface area contributed by atoms with Gasteiger partial charge in [0.1, 0.15) is 5.75 Å². The number of rotatable bonds is 3. The zero-order chi connectivity index (χ0) is 15.4. The molecular formula is C18H20N2O2. The Bertz CT molecular complexity index is 670. The molecule has 3 rings (SSSR count). The number of carbonyl (C=O) groups excluding carboxylic acids is 1. The summed E-state index contributed by atoms with van der Waals surface area (Å²) in [5, 5.41) is 3.38. The number of benzene rings is 2. The fourth-order valence-corrected chi connectivity index (χ4v) is 2.78. The number of nitrogens with zero attached hydrogens (tertiary/aromatic N) is 1. The van der Waals surface area contributed by atoms with Gasteiger partial charge in [0.15, 0.2) is 0 Å². The lowest BCUT2D eigenvalue weighted by Crippen LogP contribution is -2.33. The molecule has 0 unspecified atom stereocenters. The van der Waals surface area contributed by atoms with E-state index in [1.165, 1.54) is 0 Å². The fourth-order valence-electron chi connectivity index (χ4n) is 2.78. The number of amides is 1. The van der Waals surface area contributed by atoms with Gasteiger partial charge in [-0.25, -0.2) is 0 Å². The summed E-state index contributed by atoms with van der Waals surface area (Å²) in [6, 6.07) is 15.8. The second-order valence-corrected chi connectivity index (χ2v) is 5.39. The van der Waals surface area contributed by atoms with Crippen LogP contribution in [0.5, 0.6) is 5.75 Å². The Morgan fingerprint density at radius 3 is 2.82 bits per heavy atom. The molecule has 1 N–H and O–H groups in total. The lowest BCUT2D eigenvalue weighted by atomic mass is 10.1. The van der Waals surface area contributed by atoms with Gasteiger partial charge >= 0.3 is 0 Å². The molecule has 0 saturated carbocycles. The third-order valence-corrected chi connectivity index (χ3v) is 3.96. The van der Waals surface area contributed by atoms with E-state index in [9.17, 15) is 4.79 Å². The van der Waals surface area contributed by atoms with Crippen molar-refractivity contribution in [3.05, 3.63) is 59.7 Å². The maximum Gasteiger partial charge on any atom is 0.227 e. The van der Waals surface area contributed by atoms with Crippen molar-refractivity contribution in [2.45, 2.75) is 13.0 Å². The SMILES string of the molecule is COc1ccccc1CC(=O)N1CCNc2ccccc2C1. The molecule has 1 aliphatic heterocycles. The Balaban J connectivity index is 1.75. The van der Waals surface area contributed by atoms with E-state index in [1.54, 1.807) is 7.11 Å². The highest BCUT2D eigenvalue weighted by molar-refractivity contribution is 5.80. The van der Waals surface area contributed by atoms with E-state index < -0.39 is 0 Å². The van der Waals surface area contributed by atoms with Gasteiger partial charge < -0.3 is 15.0 Å². The van der Waals surface area contributed by atoms with Gasteiger partial charge in [0, 0.05) is 30.9 Å². The van der Waals surface area contributed by atoms with Crippen molar-refractivity contribution in [2.24, 2.45) is 0 Å². The zero-order valence-corrected chi connectivity index (χ0v) is 12.7. The summed E-state index contributed by atoms with van der Waals surface area (Å²) in [7, 11) is 1.63. The van der Waals surface area contributed by atoms with Crippen molar-refractivity contribution in [2.75, 3.05) is 25.5 Å². The highest BCUT2D eigenvalue weighted by Crippen LogP contribution is 2.22. The number of anilines is 1. The van der Waals surface area contributed by atoms with Gasteiger partial charge in [-0.2, -0.15) is 0 Å². The smallest absolute Gasteiger partial charge is 0.227 e. The predicted molar refractivity (Wildman–Crippen MR) is 87.0 cm³/mol. The number of methoxy groups -OCH3 is 1. The quantitative estimate of drug-likeness (QED) is 0.947. The summed E-state index contributed by atoms with van der Waals surface area (Å²) in [5.41, 5.74) is 3.21. The first-order valence-electron chi connectivity index (χ1n) is 7.49. The Hall–Kier alpha value is -2.49. The molecule has 0 fully saturated rings. The van der Waals surface area contributed by atoms with Crippen molar-refractivity contribution in [1.29, 1.82) is 0 Å². The van der Waals surface area contributed by atoms with Crippen LogP contribution in [0.15, 0.2) is 48.5 Å². The number of para-hydroxylation sites is 2. The third-order valence-electron chi connectivity index (χ3n) is 3.96. The largest absolute Gasteiger partial charge is 0.496 e. The number of hydrogen-bond donors (Lipinski definition) is 1. The summed E-state index contributed by atoms with van der Waals surface area (Å²) >= 11 is 0. The fraction of sp³-hybridized carbons (Fsp3) is 0.278. The van der Waals surface area contributed by atoms with Crippen molar-refractivity contribution in [3.63, 3.8) is 0 Å². The molecular weight excluding hydrogens is 276 g/mol. The lowest BCUT2D eigenvalue weighted by molar-refractivity contribution is -0.130. The van der Waals surface area contributed by atoms with Crippen LogP contribution in [-0.4, -0.2) is 31.0 Å². The minimum absolute atomic E-state index is 0.128. The number of fused-ring (bicyclic) bond motifs is 1. The normalized spacial score (nSPS) is 13.8. The maximum absolute atomic E-state index is 12.6. The molecule has 22 heavy (non-hydrogen) atoms. The molecule has 1 amide bonds. The van der Waals surface area contributed by atoms with Crippen LogP contribution in [0.1, 0.15) is 11.1 Å². The van der Waals surface area contributed by atoms with Crippen molar-refractivity contribution in [3.8, 4) is 5.75 Å². The number of carbonyl (C=O) groups is 1. The van der Waals surface area contributed by atoms with Crippen molar-refractivity contribution < 1.29 is 9.53 Å². The number of ether oxygens (including phenoxy) is 1. The molecule has 1 aliphatic rings. The summed E-state index contributed by atoms with van der Waals surface area (Å²) in [6.45, 7) is 2.13. The second kappa shape index (κ2) is 6.52. The van der Waals surface area contributed by atoms with Gasteiger partial charge in [-0.3, -0.25) is 4.79 Å². The summed E-state index contributed by atoms with van der Waals surface area (Å²) in [4.78, 5) is 14.5. The summed E-state index contributed by atoms with van der Waals surface area (Å²) in [6.07, 6.45) is 0.367. The highest BCUT2D eigenvalue weighted by atomic mass is 16.5. The van der Waals surface area contributed by atoms with Crippen LogP contribution >= 0.6 is 0 Å². The Labute approximate surface area is 130 Å². The Morgan fingerprint density at radius 2 is 1.95 bits per heavy atom. The van der Waals surface area contributed by atoms with E-state index in [-0.39, 0.29) is 5.91 Å². The van der Waals surface area contributed by atoms with Crippen LogP contribution in [0.2, 0.25) is 0 Å². The monoisotopic (exact) mass is 296 g/mol. The van der Waals surface area contributed by atoms with E-state index in [4.69, 9.17) is 4.74 Å². The van der Waals surface area contributed by atoms with E-state index in [0.29, 0.717) is 19.5 Å². The summed E-state index contributed by atoms with van der Waals surface area (Å²) in [5.74, 6) is 0.896. The van der Waals surface area contributed by atoms with Crippen LogP contribution in [-0.2, 0) is 17.8 Å². The van der Waals surface area contributed by atoms with Crippen LogP contribution in [0.25, 0.3) is 0 Å². The lowest BCUT2D eigenvalue weighted by Gasteiger charge is -2.21. The molecule has 2 aromatic rings. The predicted octanol–water partition coefficient (Wildman–Crippen LogP) is 2.69. The van der Waals surface area contributed by atoms with Crippen LogP contribution in [0.3, 0.4) is 0 Å². The van der Waals surface area contributed by atoms with Crippen LogP contribution in [0, 0.1) is 0 Å². The molecule has 0 bridgehead atoms. The van der Waals surface area contributed by atoms with E-state index in [1.807, 2.05) is 41.3 Å². The van der Waals surface area contributed by atoms with Gasteiger partial charge in [-0.05, 0) is 17.7 Å². The molecule has 0 aromatic heterocycles. The topological polar surface area (TPSA) is 41.6 Å². The zero-order valence-electron chi connectivity index (χ0n) is 12.7. The van der Waals surface area contributed by atoms with Gasteiger partial charge in [-0.15, -0.1) is 0 Å². The highest BCUT2D eigenvalue weighted by Gasteiger charge is 2.19. The standard InChI is InChI=1S/C18H20N2O2/c1-22-17-9-5-3-6-14(17)12-18(21)20-11-10-19-16-8-4-2-7-15(16)13-20/h2-9,19H,10-13H2,1H3. The van der Waals surface area contributed by atoms with Crippen LogP contribution in [0.4, 0.5) is 5.69 Å². The maximum atomic E-state index is 12.6. The molecule has 1 heterocycles. The first-order chi connectivity index (χ1) is 10.8. The van der Waals surface area contributed by atoms with Crippen molar-refractivity contribution >= 4 is 11.6 Å². The minimum Gasteiger partial charge on any atom is -0.496 e. The Morgan fingerprint density at radius 1 is 1.18 bits per heavy atom. The van der Waals surface area contributed by atoms with Crippen LogP contribution < -0.4 is 10.1 Å². The molecule has 0 aliphatic carbocycles. The average molecular weight is 296 g/mol. The molecule has 2 aromatic carbocycles. The second-order valence-electron chi connectivity index (χ2n) is 5.39. The van der Waals surface area contributed by atoms with Gasteiger partial charge in [0.2, 0.25) is 5.91 Å². The first kappa shape index (κ1) is 14.4. The molecule has 0 radical (unpaired) electrons. The van der Waals surface area contributed by atoms with Gasteiger partial charge in [-0.1, -0.05) is 36.4 Å². The van der Waals surface area contributed by atoms with E-state index in [0.717, 1.165) is 29.1 Å². The number of nitrogens with one attached hydrogen (secondary N) is 1. The molecule has 114 valence electrons. The van der Waals surface area contributed by atoms with Gasteiger partial charge in [0.25, 0.3) is 0 Å². The van der Waals surface area contributed by atoms with Gasteiger partial charge in [0.05, 0.1) is 13.5 Å². The molecule has 0 spiro atoms. The third kappa shape index (κ3) is 3.06. The first-order valence-corrected chi connectivity index (χ1v) is 7.49. The molecule has 4 heteroatoms. The average Bonchev–Trinajstić information content (AvgIpc) is 2.77. The Kier molecular flexibility index (Phi) is 4.28. The van der Waals surface area contributed by atoms with Crippen molar-refractivity contribution in [1.82, 2.24) is 4.90 Å². The van der Waals surface area contributed by atoms with E-state index >= 15 is 0 Å². The van der Waals surface area contributed by atoms with E-state index in [2.05, 4.69) is 17.4 Å². The minimum atomic E-state index is 0.128. The molecule has 0 atom stereocenters. The number of hydrogen-bond acceptors (Lipinski definition) is 3. The summed E-state index contributed by atoms with van der Waals surface area (Å²) < 4.78 is 5.33. The molecule has 4 nitrogen and oxygen atoms in total. The molecule has 0 saturated heterocycles.